The van der Waals surface area contributed by atoms with Crippen molar-refractivity contribution in [3.63, 3.8) is 0 Å². The maximum absolute atomic E-state index is 12.1. The maximum Gasteiger partial charge on any atom is 0.317 e. The van der Waals surface area contributed by atoms with E-state index in [4.69, 9.17) is 15.9 Å². The molecule has 1 N–H and O–H groups in total. The quantitative estimate of drug-likeness (QED) is 0.738. The summed E-state index contributed by atoms with van der Waals surface area (Å²) in [7, 11) is -3.89. The molecule has 2 aromatic carbocycles. The second-order valence-electron chi connectivity index (χ2n) is 4.47. The molecule has 0 saturated carbocycles. The second-order valence-corrected chi connectivity index (χ2v) is 6.46. The van der Waals surface area contributed by atoms with Crippen molar-refractivity contribution in [1.29, 1.82) is 0 Å². The van der Waals surface area contributed by atoms with Crippen molar-refractivity contribution in [2.45, 2.75) is 4.90 Å². The molecule has 0 fully saturated rings. The first-order valence-corrected chi connectivity index (χ1v) is 8.14. The van der Waals surface area contributed by atoms with Crippen molar-refractivity contribution >= 4 is 38.3 Å². The monoisotopic (exact) mass is 334 g/mol. The number of hydrogen-bond acceptors (Lipinski definition) is 5. The molecule has 0 amide bonds. The van der Waals surface area contributed by atoms with Gasteiger partial charge in [0.15, 0.2) is 0 Å². The second kappa shape index (κ2) is 5.92. The molecular weight excluding hydrogens is 324 g/mol. The van der Waals surface area contributed by atoms with Crippen LogP contribution in [0.4, 0.5) is 5.69 Å². The van der Waals surface area contributed by atoms with E-state index in [1.54, 1.807) is 48.7 Å². The van der Waals surface area contributed by atoms with Gasteiger partial charge in [0, 0.05) is 16.6 Å². The van der Waals surface area contributed by atoms with E-state index >= 15 is 0 Å². The predicted octanol–water partition coefficient (Wildman–Crippen LogP) is 3.62. The summed E-state index contributed by atoms with van der Waals surface area (Å²) in [6, 6.07) is 14.6. The highest BCUT2D eigenvalue weighted by Crippen LogP contribution is 2.25. The first-order chi connectivity index (χ1) is 10.6. The van der Waals surface area contributed by atoms with Gasteiger partial charge in [0.25, 0.3) is 0 Å². The van der Waals surface area contributed by atoms with Crippen LogP contribution in [0.1, 0.15) is 0 Å². The number of fused-ring (bicyclic) bond motifs is 1. The number of benzene rings is 2. The van der Waals surface area contributed by atoms with Crippen LogP contribution in [0.5, 0.6) is 0 Å². The molecule has 0 unspecified atom stereocenters. The smallest absolute Gasteiger partial charge is 0.256 e. The topological polar surface area (TPSA) is 68.3 Å². The molecule has 0 saturated heterocycles. The van der Waals surface area contributed by atoms with Gasteiger partial charge in [0.1, 0.15) is 0 Å². The summed E-state index contributed by atoms with van der Waals surface area (Å²) in [5.74, 6) is 0. The van der Waals surface area contributed by atoms with E-state index in [1.165, 1.54) is 12.1 Å². The molecule has 0 aliphatic carbocycles. The van der Waals surface area contributed by atoms with Crippen molar-refractivity contribution in [2.75, 3.05) is 5.48 Å². The third-order valence-electron chi connectivity index (χ3n) is 3.00. The van der Waals surface area contributed by atoms with E-state index in [1.807, 2.05) is 0 Å². The Labute approximate surface area is 132 Å². The number of pyridine rings is 1. The van der Waals surface area contributed by atoms with E-state index in [9.17, 15) is 8.42 Å². The summed E-state index contributed by atoms with van der Waals surface area (Å²) in [6.45, 7) is 0. The van der Waals surface area contributed by atoms with Gasteiger partial charge in [-0.25, -0.2) is 5.48 Å². The van der Waals surface area contributed by atoms with E-state index < -0.39 is 10.1 Å². The zero-order valence-electron chi connectivity index (χ0n) is 11.2. The molecule has 3 aromatic rings. The number of nitrogens with one attached hydrogen (secondary N) is 1. The number of hydrogen-bond donors (Lipinski definition) is 1. The molecule has 22 heavy (non-hydrogen) atoms. The number of aromatic nitrogens is 1. The summed E-state index contributed by atoms with van der Waals surface area (Å²) in [5.41, 5.74) is 3.60. The molecule has 0 atom stereocenters. The highest BCUT2D eigenvalue weighted by atomic mass is 35.5. The Morgan fingerprint density at radius 2 is 1.82 bits per heavy atom. The van der Waals surface area contributed by atoms with Crippen LogP contribution in [0.3, 0.4) is 0 Å². The standard InChI is InChI=1S/C15H11ClN2O3S/c16-11-6-7-13-14(8-9-17-15(13)10-11)18-21-22(19,20)12-4-2-1-3-5-12/h1-10H,(H,17,18). The fourth-order valence-corrected chi connectivity index (χ4v) is 2.90. The molecule has 1 aromatic heterocycles. The largest absolute Gasteiger partial charge is 0.317 e. The molecule has 0 bridgehead atoms. The molecule has 112 valence electrons. The number of nitrogens with zero attached hydrogens (tertiary/aromatic N) is 1. The van der Waals surface area contributed by atoms with E-state index in [-0.39, 0.29) is 4.90 Å². The number of rotatable bonds is 4. The first kappa shape index (κ1) is 14.8. The van der Waals surface area contributed by atoms with Gasteiger partial charge in [0.2, 0.25) is 0 Å². The zero-order valence-corrected chi connectivity index (χ0v) is 12.8. The fraction of sp³-hybridized carbons (Fsp3) is 0. The molecular formula is C15H11ClN2O3S. The van der Waals surface area contributed by atoms with E-state index in [2.05, 4.69) is 10.5 Å². The summed E-state index contributed by atoms with van der Waals surface area (Å²) >= 11 is 5.91. The molecule has 3 rings (SSSR count). The molecule has 0 radical (unpaired) electrons. The minimum atomic E-state index is -3.89. The molecule has 5 nitrogen and oxygen atoms in total. The Hall–Kier alpha value is -2.15. The lowest BCUT2D eigenvalue weighted by atomic mass is 10.2. The van der Waals surface area contributed by atoms with Gasteiger partial charge in [-0.3, -0.25) is 4.98 Å². The highest BCUT2D eigenvalue weighted by Gasteiger charge is 2.15. The highest BCUT2D eigenvalue weighted by molar-refractivity contribution is 7.86. The Morgan fingerprint density at radius 1 is 1.05 bits per heavy atom. The van der Waals surface area contributed by atoms with Crippen LogP contribution in [-0.2, 0) is 14.4 Å². The summed E-state index contributed by atoms with van der Waals surface area (Å²) < 4.78 is 29.0. The van der Waals surface area contributed by atoms with E-state index in [0.717, 1.165) is 0 Å². The average Bonchev–Trinajstić information content (AvgIpc) is 2.53. The van der Waals surface area contributed by atoms with Crippen LogP contribution in [0.15, 0.2) is 65.7 Å². The van der Waals surface area contributed by atoms with Gasteiger partial charge in [-0.15, -0.1) is 4.28 Å². The Balaban J connectivity index is 1.88. The minimum absolute atomic E-state index is 0.0731. The van der Waals surface area contributed by atoms with E-state index in [0.29, 0.717) is 21.6 Å². The normalized spacial score (nSPS) is 11.5. The van der Waals surface area contributed by atoms with Gasteiger partial charge in [0.05, 0.1) is 16.1 Å². The lowest BCUT2D eigenvalue weighted by Gasteiger charge is -2.09. The van der Waals surface area contributed by atoms with Crippen molar-refractivity contribution in [1.82, 2.24) is 4.98 Å². The van der Waals surface area contributed by atoms with Crippen LogP contribution < -0.4 is 5.48 Å². The zero-order chi connectivity index (χ0) is 15.6. The van der Waals surface area contributed by atoms with Crippen molar-refractivity contribution in [3.8, 4) is 0 Å². The SMILES string of the molecule is O=S(=O)(ONc1ccnc2cc(Cl)ccc12)c1ccccc1. The van der Waals surface area contributed by atoms with Crippen molar-refractivity contribution in [2.24, 2.45) is 0 Å². The van der Waals surface area contributed by atoms with Gasteiger partial charge >= 0.3 is 10.1 Å². The van der Waals surface area contributed by atoms with Gasteiger partial charge in [-0.1, -0.05) is 29.8 Å². The minimum Gasteiger partial charge on any atom is -0.256 e. The number of anilines is 1. The van der Waals surface area contributed by atoms with Crippen molar-refractivity contribution < 1.29 is 12.7 Å². The Morgan fingerprint density at radius 3 is 2.59 bits per heavy atom. The average molecular weight is 335 g/mol. The Bertz CT molecular complexity index is 914. The summed E-state index contributed by atoms with van der Waals surface area (Å²) in [5, 5.41) is 1.25. The third kappa shape index (κ3) is 3.04. The predicted molar refractivity (Wildman–Crippen MR) is 85.1 cm³/mol. The van der Waals surface area contributed by atoms with Crippen LogP contribution >= 0.6 is 11.6 Å². The number of halogens is 1. The molecule has 7 heteroatoms. The molecule has 0 aliphatic heterocycles. The van der Waals surface area contributed by atoms with Gasteiger partial charge < -0.3 is 0 Å². The fourth-order valence-electron chi connectivity index (χ4n) is 1.95. The molecule has 0 spiro atoms. The first-order valence-electron chi connectivity index (χ1n) is 6.35. The lowest BCUT2D eigenvalue weighted by molar-refractivity contribution is 0.391. The summed E-state index contributed by atoms with van der Waals surface area (Å²) in [4.78, 5) is 4.25. The molecule has 0 aliphatic rings. The molecule has 1 heterocycles. The van der Waals surface area contributed by atoms with Gasteiger partial charge in [-0.2, -0.15) is 8.42 Å². The van der Waals surface area contributed by atoms with Gasteiger partial charge in [-0.05, 0) is 36.4 Å². The van der Waals surface area contributed by atoms with Crippen LogP contribution in [-0.4, -0.2) is 13.4 Å². The maximum atomic E-state index is 12.1. The lowest BCUT2D eigenvalue weighted by Crippen LogP contribution is -2.11. The van der Waals surface area contributed by atoms with Crippen LogP contribution in [0, 0.1) is 0 Å². The van der Waals surface area contributed by atoms with Crippen molar-refractivity contribution in [3.05, 3.63) is 65.8 Å². The summed E-state index contributed by atoms with van der Waals surface area (Å²) in [6.07, 6.45) is 1.54. The van der Waals surface area contributed by atoms with Crippen LogP contribution in [0.2, 0.25) is 5.02 Å². The Kier molecular flexibility index (Phi) is 3.98. The van der Waals surface area contributed by atoms with Crippen LogP contribution in [0.25, 0.3) is 10.9 Å². The third-order valence-corrected chi connectivity index (χ3v) is 4.39.